The first-order valence-electron chi connectivity index (χ1n) is 7.76. The highest BCUT2D eigenvalue weighted by Gasteiger charge is 2.32. The number of methoxy groups -OCH3 is 1. The molecule has 0 bridgehead atoms. The van der Waals surface area contributed by atoms with E-state index in [1.807, 2.05) is 53.9 Å². The van der Waals surface area contributed by atoms with Crippen LogP contribution in [0, 0.1) is 0 Å². The van der Waals surface area contributed by atoms with Crippen LogP contribution < -0.4 is 9.64 Å². The summed E-state index contributed by atoms with van der Waals surface area (Å²) in [5, 5.41) is 0. The molecule has 3 rings (SSSR count). The Bertz CT molecular complexity index is 680. The first-order chi connectivity index (χ1) is 11.1. The Morgan fingerprint density at radius 2 is 2.00 bits per heavy atom. The summed E-state index contributed by atoms with van der Waals surface area (Å²) >= 11 is 0. The fourth-order valence-corrected chi connectivity index (χ4v) is 2.88. The Hall–Kier alpha value is -2.34. The van der Waals surface area contributed by atoms with E-state index in [9.17, 15) is 4.79 Å². The average molecular weight is 314 g/mol. The summed E-state index contributed by atoms with van der Waals surface area (Å²) in [6, 6.07) is 7.46. The first kappa shape index (κ1) is 15.6. The van der Waals surface area contributed by atoms with Crippen molar-refractivity contribution in [1.82, 2.24) is 14.5 Å². The Morgan fingerprint density at radius 3 is 2.61 bits per heavy atom. The number of amides is 1. The number of rotatable bonds is 4. The zero-order valence-electron chi connectivity index (χ0n) is 13.8. The number of hydrogen-bond donors (Lipinski definition) is 0. The number of aryl methyl sites for hydroxylation is 1. The number of anilines is 1. The van der Waals surface area contributed by atoms with Gasteiger partial charge in [-0.1, -0.05) is 0 Å². The summed E-state index contributed by atoms with van der Waals surface area (Å²) in [5.74, 6) is 1.89. The van der Waals surface area contributed by atoms with E-state index in [-0.39, 0.29) is 11.9 Å². The van der Waals surface area contributed by atoms with Crippen molar-refractivity contribution in [3.8, 4) is 5.75 Å². The van der Waals surface area contributed by atoms with E-state index in [4.69, 9.17) is 4.74 Å². The van der Waals surface area contributed by atoms with Gasteiger partial charge in [0.2, 0.25) is 5.91 Å². The summed E-state index contributed by atoms with van der Waals surface area (Å²) in [6.45, 7) is 4.15. The molecule has 1 atom stereocenters. The molecule has 2 heterocycles. The quantitative estimate of drug-likeness (QED) is 0.861. The summed E-state index contributed by atoms with van der Waals surface area (Å²) in [5.41, 5.74) is 0.916. The normalized spacial score (nSPS) is 19.2. The average Bonchev–Trinajstić information content (AvgIpc) is 2.97. The van der Waals surface area contributed by atoms with Gasteiger partial charge in [-0.3, -0.25) is 9.69 Å². The number of benzene rings is 1. The molecule has 1 amide bonds. The van der Waals surface area contributed by atoms with Gasteiger partial charge in [-0.2, -0.15) is 0 Å². The molecule has 6 nitrogen and oxygen atoms in total. The number of carbonyl (C=O) groups is 1. The van der Waals surface area contributed by atoms with Gasteiger partial charge >= 0.3 is 0 Å². The van der Waals surface area contributed by atoms with Crippen molar-refractivity contribution in [2.75, 3.05) is 25.1 Å². The van der Waals surface area contributed by atoms with Crippen LogP contribution in [-0.4, -0.2) is 46.6 Å². The number of carbonyl (C=O) groups excluding carboxylic acids is 1. The Kier molecular flexibility index (Phi) is 4.34. The van der Waals surface area contributed by atoms with Crippen LogP contribution in [0.3, 0.4) is 0 Å². The van der Waals surface area contributed by atoms with Gasteiger partial charge in [-0.15, -0.1) is 0 Å². The highest BCUT2D eigenvalue weighted by atomic mass is 16.5. The Balaban J connectivity index is 1.71. The van der Waals surface area contributed by atoms with Crippen molar-refractivity contribution in [2.24, 2.45) is 7.05 Å². The van der Waals surface area contributed by atoms with Gasteiger partial charge in [0.1, 0.15) is 11.6 Å². The smallest absolute Gasteiger partial charge is 0.244 e. The van der Waals surface area contributed by atoms with Crippen molar-refractivity contribution in [3.05, 3.63) is 42.5 Å². The minimum Gasteiger partial charge on any atom is -0.497 e. The molecule has 1 aromatic carbocycles. The topological polar surface area (TPSA) is 50.6 Å². The Morgan fingerprint density at radius 1 is 1.26 bits per heavy atom. The minimum atomic E-state index is -0.164. The summed E-state index contributed by atoms with van der Waals surface area (Å²) in [4.78, 5) is 21.1. The molecule has 0 saturated carbocycles. The molecule has 1 aliphatic rings. The lowest BCUT2D eigenvalue weighted by molar-refractivity contribution is -0.125. The zero-order valence-corrected chi connectivity index (χ0v) is 13.8. The van der Waals surface area contributed by atoms with Crippen molar-refractivity contribution in [1.29, 1.82) is 0 Å². The van der Waals surface area contributed by atoms with Crippen molar-refractivity contribution in [3.63, 3.8) is 0 Å². The van der Waals surface area contributed by atoms with E-state index in [0.29, 0.717) is 13.1 Å². The van der Waals surface area contributed by atoms with E-state index >= 15 is 0 Å². The molecule has 23 heavy (non-hydrogen) atoms. The van der Waals surface area contributed by atoms with Gasteiger partial charge in [-0.25, -0.2) is 4.98 Å². The highest BCUT2D eigenvalue weighted by molar-refractivity contribution is 5.97. The van der Waals surface area contributed by atoms with Crippen LogP contribution in [0.25, 0.3) is 0 Å². The number of imidazole rings is 1. The maximum absolute atomic E-state index is 12.7. The van der Waals surface area contributed by atoms with Crippen molar-refractivity contribution >= 4 is 11.6 Å². The SMILES string of the molecule is COc1ccc(N2CCN(Cc3nccn3C)[C@@H](C)C2=O)cc1. The molecule has 1 aromatic heterocycles. The third-order valence-electron chi connectivity index (χ3n) is 4.43. The Labute approximate surface area is 136 Å². The number of nitrogens with zero attached hydrogens (tertiary/aromatic N) is 4. The van der Waals surface area contributed by atoms with Gasteiger partial charge in [0.15, 0.2) is 0 Å². The lowest BCUT2D eigenvalue weighted by Gasteiger charge is -2.38. The molecule has 122 valence electrons. The number of ether oxygens (including phenoxy) is 1. The molecule has 0 spiro atoms. The second-order valence-electron chi connectivity index (χ2n) is 5.79. The molecule has 2 aromatic rings. The van der Waals surface area contributed by atoms with Crippen LogP contribution in [-0.2, 0) is 18.4 Å². The fraction of sp³-hybridized carbons (Fsp3) is 0.412. The molecule has 0 radical (unpaired) electrons. The molecule has 0 unspecified atom stereocenters. The molecule has 1 aliphatic heterocycles. The monoisotopic (exact) mass is 314 g/mol. The van der Waals surface area contributed by atoms with Crippen molar-refractivity contribution in [2.45, 2.75) is 19.5 Å². The number of piperazine rings is 1. The molecule has 1 saturated heterocycles. The summed E-state index contributed by atoms with van der Waals surface area (Å²) in [7, 11) is 3.61. The van der Waals surface area contributed by atoms with E-state index in [1.54, 1.807) is 13.3 Å². The molecule has 1 fully saturated rings. The molecule has 0 N–H and O–H groups in total. The minimum absolute atomic E-state index is 0.121. The van der Waals surface area contributed by atoms with Gasteiger partial charge in [0, 0.05) is 38.2 Å². The second kappa shape index (κ2) is 6.42. The van der Waals surface area contributed by atoms with Crippen molar-refractivity contribution < 1.29 is 9.53 Å². The third kappa shape index (κ3) is 3.07. The van der Waals surface area contributed by atoms with Crippen LogP contribution in [0.2, 0.25) is 0 Å². The maximum atomic E-state index is 12.7. The van der Waals surface area contributed by atoms with Gasteiger partial charge < -0.3 is 14.2 Å². The summed E-state index contributed by atoms with van der Waals surface area (Å²) < 4.78 is 7.16. The number of hydrogen-bond acceptors (Lipinski definition) is 4. The predicted octanol–water partition coefficient (Wildman–Crippen LogP) is 1.67. The summed E-state index contributed by atoms with van der Waals surface area (Å²) in [6.07, 6.45) is 3.71. The van der Waals surface area contributed by atoms with Crippen LogP contribution >= 0.6 is 0 Å². The molecule has 0 aliphatic carbocycles. The van der Waals surface area contributed by atoms with Gasteiger partial charge in [0.25, 0.3) is 0 Å². The molecular weight excluding hydrogens is 292 g/mol. The van der Waals surface area contributed by atoms with Crippen LogP contribution in [0.4, 0.5) is 5.69 Å². The van der Waals surface area contributed by atoms with E-state index in [0.717, 1.165) is 23.8 Å². The van der Waals surface area contributed by atoms with Crippen LogP contribution in [0.15, 0.2) is 36.7 Å². The lowest BCUT2D eigenvalue weighted by Crippen LogP contribution is -2.55. The van der Waals surface area contributed by atoms with E-state index in [1.165, 1.54) is 0 Å². The van der Waals surface area contributed by atoms with E-state index < -0.39 is 0 Å². The predicted molar refractivity (Wildman–Crippen MR) is 88.4 cm³/mol. The van der Waals surface area contributed by atoms with Crippen LogP contribution in [0.5, 0.6) is 5.75 Å². The largest absolute Gasteiger partial charge is 0.497 e. The lowest BCUT2D eigenvalue weighted by atomic mass is 10.1. The molecule has 6 heteroatoms. The second-order valence-corrected chi connectivity index (χ2v) is 5.79. The highest BCUT2D eigenvalue weighted by Crippen LogP contribution is 2.23. The fourth-order valence-electron chi connectivity index (χ4n) is 2.88. The van der Waals surface area contributed by atoms with Gasteiger partial charge in [-0.05, 0) is 31.2 Å². The zero-order chi connectivity index (χ0) is 16.4. The van der Waals surface area contributed by atoms with Crippen LogP contribution in [0.1, 0.15) is 12.7 Å². The maximum Gasteiger partial charge on any atom is 0.244 e. The third-order valence-corrected chi connectivity index (χ3v) is 4.43. The number of aromatic nitrogens is 2. The van der Waals surface area contributed by atoms with Gasteiger partial charge in [0.05, 0.1) is 19.7 Å². The standard InChI is InChI=1S/C17H22N4O2/c1-13-17(22)21(14-4-6-15(23-3)7-5-14)11-10-20(13)12-16-18-8-9-19(16)2/h4-9,13H,10-12H2,1-3H3/t13-/m0/s1. The molecular formula is C17H22N4O2. The first-order valence-corrected chi connectivity index (χ1v) is 7.76. The van der Waals surface area contributed by atoms with E-state index in [2.05, 4.69) is 9.88 Å².